The zero-order valence-corrected chi connectivity index (χ0v) is 13.4. The quantitative estimate of drug-likeness (QED) is 0.807. The monoisotopic (exact) mass is 254 g/mol. The summed E-state index contributed by atoms with van der Waals surface area (Å²) in [6, 6.07) is 1.45. The van der Waals surface area contributed by atoms with E-state index < -0.39 is 0 Å². The summed E-state index contributed by atoms with van der Waals surface area (Å²) < 4.78 is 0. The molecule has 1 aliphatic rings. The second-order valence-electron chi connectivity index (χ2n) is 7.39. The van der Waals surface area contributed by atoms with Gasteiger partial charge in [-0.25, -0.2) is 0 Å². The van der Waals surface area contributed by atoms with Crippen LogP contribution in [-0.2, 0) is 0 Å². The molecular formula is C16H34N2. The predicted molar refractivity (Wildman–Crippen MR) is 81.0 cm³/mol. The van der Waals surface area contributed by atoms with E-state index in [4.69, 9.17) is 0 Å². The van der Waals surface area contributed by atoms with E-state index in [1.165, 1.54) is 38.6 Å². The maximum atomic E-state index is 3.48. The highest BCUT2D eigenvalue weighted by molar-refractivity contribution is 4.82. The van der Waals surface area contributed by atoms with Gasteiger partial charge in [-0.3, -0.25) is 0 Å². The minimum absolute atomic E-state index is 0.358. The van der Waals surface area contributed by atoms with Crippen LogP contribution in [0.5, 0.6) is 0 Å². The lowest BCUT2D eigenvalue weighted by atomic mass is 9.84. The number of nitrogens with one attached hydrogen (secondary N) is 1. The molecule has 0 radical (unpaired) electrons. The summed E-state index contributed by atoms with van der Waals surface area (Å²) in [5.74, 6) is 0.953. The summed E-state index contributed by atoms with van der Waals surface area (Å²) in [6.45, 7) is 10.6. The molecule has 0 bridgehead atoms. The van der Waals surface area contributed by atoms with Crippen LogP contribution in [0.2, 0.25) is 0 Å². The topological polar surface area (TPSA) is 15.3 Å². The van der Waals surface area contributed by atoms with E-state index >= 15 is 0 Å². The Morgan fingerprint density at radius 2 is 1.72 bits per heavy atom. The lowest BCUT2D eigenvalue weighted by Crippen LogP contribution is -2.42. The first-order chi connectivity index (χ1) is 8.34. The van der Waals surface area contributed by atoms with Crippen molar-refractivity contribution in [2.75, 3.05) is 20.6 Å². The summed E-state index contributed by atoms with van der Waals surface area (Å²) in [4.78, 5) is 2.60. The van der Waals surface area contributed by atoms with Crippen LogP contribution in [0.1, 0.15) is 59.8 Å². The second kappa shape index (κ2) is 6.91. The average Bonchev–Trinajstić information content (AvgIpc) is 2.28. The van der Waals surface area contributed by atoms with Gasteiger partial charge in [0, 0.05) is 12.1 Å². The Morgan fingerprint density at radius 3 is 2.17 bits per heavy atom. The van der Waals surface area contributed by atoms with Crippen molar-refractivity contribution in [3.05, 3.63) is 0 Å². The Kier molecular flexibility index (Phi) is 6.13. The Morgan fingerprint density at radius 1 is 1.17 bits per heavy atom. The summed E-state index contributed by atoms with van der Waals surface area (Å²) in [5.41, 5.74) is 0.358. The molecule has 2 nitrogen and oxygen atoms in total. The van der Waals surface area contributed by atoms with Gasteiger partial charge in [0.1, 0.15) is 0 Å². The highest BCUT2D eigenvalue weighted by Crippen LogP contribution is 2.27. The lowest BCUT2D eigenvalue weighted by Gasteiger charge is -2.36. The highest BCUT2D eigenvalue weighted by atomic mass is 15.1. The van der Waals surface area contributed by atoms with Gasteiger partial charge in [0.15, 0.2) is 0 Å². The molecule has 1 N–H and O–H groups in total. The molecule has 0 aliphatic heterocycles. The van der Waals surface area contributed by atoms with E-state index in [0.29, 0.717) is 11.5 Å². The molecule has 0 aromatic carbocycles. The van der Waals surface area contributed by atoms with Crippen molar-refractivity contribution >= 4 is 0 Å². The lowest BCUT2D eigenvalue weighted by molar-refractivity contribution is 0.151. The molecule has 2 heteroatoms. The summed E-state index contributed by atoms with van der Waals surface area (Å²) in [5, 5.41) is 3.48. The molecule has 1 atom stereocenters. The first-order valence-electron chi connectivity index (χ1n) is 7.72. The van der Waals surface area contributed by atoms with Crippen molar-refractivity contribution in [3.63, 3.8) is 0 Å². The van der Waals surface area contributed by atoms with Gasteiger partial charge in [0.2, 0.25) is 0 Å². The van der Waals surface area contributed by atoms with Crippen LogP contribution < -0.4 is 5.32 Å². The Labute approximate surface area is 115 Å². The molecule has 18 heavy (non-hydrogen) atoms. The third-order valence-electron chi connectivity index (χ3n) is 4.77. The third-order valence-corrected chi connectivity index (χ3v) is 4.77. The fourth-order valence-corrected chi connectivity index (χ4v) is 3.21. The Hall–Kier alpha value is -0.0800. The van der Waals surface area contributed by atoms with Crippen LogP contribution in [0.25, 0.3) is 0 Å². The van der Waals surface area contributed by atoms with Gasteiger partial charge in [-0.1, -0.05) is 27.7 Å². The molecule has 0 amide bonds. The van der Waals surface area contributed by atoms with Crippen molar-refractivity contribution in [3.8, 4) is 0 Å². The molecule has 0 aromatic heterocycles. The van der Waals surface area contributed by atoms with Crippen molar-refractivity contribution in [1.82, 2.24) is 10.2 Å². The van der Waals surface area contributed by atoms with Gasteiger partial charge in [-0.2, -0.15) is 0 Å². The fourth-order valence-electron chi connectivity index (χ4n) is 3.21. The number of hydrogen-bond donors (Lipinski definition) is 1. The molecule has 0 aromatic rings. The van der Waals surface area contributed by atoms with Crippen molar-refractivity contribution < 1.29 is 0 Å². The van der Waals surface area contributed by atoms with Crippen LogP contribution in [-0.4, -0.2) is 37.6 Å². The van der Waals surface area contributed by atoms with Crippen molar-refractivity contribution in [1.29, 1.82) is 0 Å². The van der Waals surface area contributed by atoms with Gasteiger partial charge in [0.25, 0.3) is 0 Å². The van der Waals surface area contributed by atoms with Crippen molar-refractivity contribution in [2.24, 2.45) is 11.3 Å². The standard InChI is InChI=1S/C16H34N2/c1-13-7-9-14(10-8-13)18(6)12-11-15(17-5)16(2,3)4/h13-15,17H,7-12H2,1-6H3. The number of rotatable bonds is 5. The molecule has 0 heterocycles. The molecule has 1 saturated carbocycles. The zero-order valence-electron chi connectivity index (χ0n) is 13.4. The molecule has 0 saturated heterocycles. The van der Waals surface area contributed by atoms with Crippen LogP contribution in [0.3, 0.4) is 0 Å². The predicted octanol–water partition coefficient (Wildman–Crippen LogP) is 3.52. The minimum Gasteiger partial charge on any atom is -0.316 e. The molecule has 1 aliphatic carbocycles. The fraction of sp³-hybridized carbons (Fsp3) is 1.00. The Balaban J connectivity index is 2.33. The first-order valence-corrected chi connectivity index (χ1v) is 7.72. The van der Waals surface area contributed by atoms with Gasteiger partial charge in [0.05, 0.1) is 0 Å². The number of hydrogen-bond acceptors (Lipinski definition) is 2. The van der Waals surface area contributed by atoms with Crippen LogP contribution in [0, 0.1) is 11.3 Å². The van der Waals surface area contributed by atoms with E-state index in [-0.39, 0.29) is 0 Å². The third kappa shape index (κ3) is 4.89. The van der Waals surface area contributed by atoms with Crippen LogP contribution in [0.4, 0.5) is 0 Å². The molecule has 1 fully saturated rings. The van der Waals surface area contributed by atoms with E-state index in [9.17, 15) is 0 Å². The van der Waals surface area contributed by atoms with Crippen molar-refractivity contribution in [2.45, 2.75) is 71.9 Å². The first kappa shape index (κ1) is 16.0. The summed E-state index contributed by atoms with van der Waals surface area (Å²) in [7, 11) is 4.41. The van der Waals surface area contributed by atoms with Gasteiger partial charge >= 0.3 is 0 Å². The summed E-state index contributed by atoms with van der Waals surface area (Å²) >= 11 is 0. The maximum absolute atomic E-state index is 3.48. The average molecular weight is 254 g/mol. The highest BCUT2D eigenvalue weighted by Gasteiger charge is 2.25. The van der Waals surface area contributed by atoms with Gasteiger partial charge in [-0.05, 0) is 64.1 Å². The maximum Gasteiger partial charge on any atom is 0.0125 e. The minimum atomic E-state index is 0.358. The van der Waals surface area contributed by atoms with E-state index in [0.717, 1.165) is 12.0 Å². The van der Waals surface area contributed by atoms with Gasteiger partial charge < -0.3 is 10.2 Å². The molecular weight excluding hydrogens is 220 g/mol. The van der Waals surface area contributed by atoms with Crippen LogP contribution >= 0.6 is 0 Å². The van der Waals surface area contributed by atoms with E-state index in [1.54, 1.807) is 0 Å². The smallest absolute Gasteiger partial charge is 0.0125 e. The van der Waals surface area contributed by atoms with E-state index in [1.807, 2.05) is 0 Å². The SMILES string of the molecule is CNC(CCN(C)C1CCC(C)CC1)C(C)(C)C. The van der Waals surface area contributed by atoms with E-state index in [2.05, 4.69) is 52.0 Å². The molecule has 0 spiro atoms. The molecule has 1 rings (SSSR count). The number of nitrogens with zero attached hydrogens (tertiary/aromatic N) is 1. The molecule has 1 unspecified atom stereocenters. The zero-order chi connectivity index (χ0) is 13.8. The molecule has 108 valence electrons. The normalized spacial score (nSPS) is 27.5. The summed E-state index contributed by atoms with van der Waals surface area (Å²) in [6.07, 6.45) is 6.89. The Bertz CT molecular complexity index is 224. The van der Waals surface area contributed by atoms with Crippen LogP contribution in [0.15, 0.2) is 0 Å². The second-order valence-corrected chi connectivity index (χ2v) is 7.39. The largest absolute Gasteiger partial charge is 0.316 e. The van der Waals surface area contributed by atoms with Gasteiger partial charge in [-0.15, -0.1) is 0 Å².